The number of halogens is 1. The molecule has 1 nitrogen and oxygen atoms in total. The molecule has 0 fully saturated rings. The third-order valence-electron chi connectivity index (χ3n) is 3.53. The molecule has 2 unspecified atom stereocenters. The zero-order valence-electron chi connectivity index (χ0n) is 10.5. The van der Waals surface area contributed by atoms with Crippen LogP contribution in [0.4, 0.5) is 0 Å². The van der Waals surface area contributed by atoms with Gasteiger partial charge in [0.15, 0.2) is 0 Å². The fraction of sp³-hybridized carbons (Fsp3) is 0.600. The molecule has 1 aliphatic rings. The molecule has 17 heavy (non-hydrogen) atoms. The Morgan fingerprint density at radius 3 is 2.94 bits per heavy atom. The largest absolute Gasteiger partial charge is 0.381 e. The standard InChI is InChI=1S/C15H21ClO/c1-2-10-17-11-9-13-8-7-12-5-3-4-6-14(12)15(13)16/h3-6,13,15H,2,7-11H2,1H3. The van der Waals surface area contributed by atoms with E-state index in [9.17, 15) is 0 Å². The first kappa shape index (κ1) is 12.9. The number of hydrogen-bond acceptors (Lipinski definition) is 1. The molecule has 0 radical (unpaired) electrons. The first-order valence-electron chi connectivity index (χ1n) is 6.62. The average Bonchev–Trinajstić information content (AvgIpc) is 2.37. The van der Waals surface area contributed by atoms with Crippen molar-refractivity contribution in [2.24, 2.45) is 5.92 Å². The summed E-state index contributed by atoms with van der Waals surface area (Å²) in [5.41, 5.74) is 2.76. The fourth-order valence-electron chi connectivity index (χ4n) is 2.54. The van der Waals surface area contributed by atoms with Gasteiger partial charge in [0.05, 0.1) is 5.38 Å². The molecule has 2 heteroatoms. The predicted molar refractivity (Wildman–Crippen MR) is 72.6 cm³/mol. The molecule has 0 aliphatic heterocycles. The lowest BCUT2D eigenvalue weighted by Gasteiger charge is -2.29. The maximum absolute atomic E-state index is 6.57. The third-order valence-corrected chi connectivity index (χ3v) is 4.12. The molecular weight excluding hydrogens is 232 g/mol. The summed E-state index contributed by atoms with van der Waals surface area (Å²) < 4.78 is 5.56. The van der Waals surface area contributed by atoms with Gasteiger partial charge in [-0.05, 0) is 42.7 Å². The van der Waals surface area contributed by atoms with Crippen LogP contribution in [0.3, 0.4) is 0 Å². The van der Waals surface area contributed by atoms with Gasteiger partial charge in [0, 0.05) is 13.2 Å². The quantitative estimate of drug-likeness (QED) is 0.559. The zero-order chi connectivity index (χ0) is 12.1. The maximum atomic E-state index is 6.57. The summed E-state index contributed by atoms with van der Waals surface area (Å²) in [6.07, 6.45) is 4.54. The minimum absolute atomic E-state index is 0.171. The Morgan fingerprint density at radius 1 is 1.29 bits per heavy atom. The highest BCUT2D eigenvalue weighted by atomic mass is 35.5. The van der Waals surface area contributed by atoms with E-state index in [-0.39, 0.29) is 5.38 Å². The summed E-state index contributed by atoms with van der Waals surface area (Å²) in [5.74, 6) is 0.573. The molecule has 0 saturated carbocycles. The van der Waals surface area contributed by atoms with Gasteiger partial charge in [0.2, 0.25) is 0 Å². The van der Waals surface area contributed by atoms with E-state index in [0.29, 0.717) is 5.92 Å². The molecule has 0 saturated heterocycles. The summed E-state index contributed by atoms with van der Waals surface area (Å²) in [6, 6.07) is 8.57. The van der Waals surface area contributed by atoms with Crippen molar-refractivity contribution in [1.29, 1.82) is 0 Å². The number of aryl methyl sites for hydroxylation is 1. The lowest BCUT2D eigenvalue weighted by Crippen LogP contribution is -2.18. The molecule has 1 aromatic carbocycles. The Bertz CT molecular complexity index is 351. The summed E-state index contributed by atoms with van der Waals surface area (Å²) in [4.78, 5) is 0. The van der Waals surface area contributed by atoms with Gasteiger partial charge in [-0.3, -0.25) is 0 Å². The highest BCUT2D eigenvalue weighted by molar-refractivity contribution is 6.21. The maximum Gasteiger partial charge on any atom is 0.0617 e. The Hall–Kier alpha value is -0.530. The lowest BCUT2D eigenvalue weighted by molar-refractivity contribution is 0.117. The molecule has 0 N–H and O–H groups in total. The number of hydrogen-bond donors (Lipinski definition) is 0. The van der Waals surface area contributed by atoms with Gasteiger partial charge in [-0.1, -0.05) is 31.2 Å². The van der Waals surface area contributed by atoms with Crippen molar-refractivity contribution in [1.82, 2.24) is 0 Å². The molecule has 2 atom stereocenters. The van der Waals surface area contributed by atoms with Crippen LogP contribution < -0.4 is 0 Å². The van der Waals surface area contributed by atoms with Crippen molar-refractivity contribution in [2.75, 3.05) is 13.2 Å². The predicted octanol–water partition coefficient (Wildman–Crippen LogP) is 4.35. The van der Waals surface area contributed by atoms with Gasteiger partial charge in [0.1, 0.15) is 0 Å². The summed E-state index contributed by atoms with van der Waals surface area (Å²) in [6.45, 7) is 3.86. The zero-order valence-corrected chi connectivity index (χ0v) is 11.2. The van der Waals surface area contributed by atoms with E-state index in [4.69, 9.17) is 16.3 Å². The number of alkyl halides is 1. The monoisotopic (exact) mass is 252 g/mol. The smallest absolute Gasteiger partial charge is 0.0617 e. The van der Waals surface area contributed by atoms with Gasteiger partial charge >= 0.3 is 0 Å². The van der Waals surface area contributed by atoms with Gasteiger partial charge in [-0.15, -0.1) is 11.6 Å². The molecule has 2 rings (SSSR count). The molecule has 94 valence electrons. The Labute approximate surface area is 109 Å². The molecule has 0 aromatic heterocycles. The molecular formula is C15H21ClO. The summed E-state index contributed by atoms with van der Waals surface area (Å²) in [7, 11) is 0. The minimum Gasteiger partial charge on any atom is -0.381 e. The number of fused-ring (bicyclic) bond motifs is 1. The van der Waals surface area contributed by atoms with Crippen LogP contribution in [0, 0.1) is 5.92 Å². The van der Waals surface area contributed by atoms with Crippen LogP contribution in [0.1, 0.15) is 42.7 Å². The van der Waals surface area contributed by atoms with Gasteiger partial charge < -0.3 is 4.74 Å². The second-order valence-corrected chi connectivity index (χ2v) is 5.27. The Kier molecular flexibility index (Phi) is 4.87. The SMILES string of the molecule is CCCOCCC1CCc2ccccc2C1Cl. The molecule has 0 bridgehead atoms. The van der Waals surface area contributed by atoms with Crippen molar-refractivity contribution < 1.29 is 4.74 Å². The first-order chi connectivity index (χ1) is 8.33. The van der Waals surface area contributed by atoms with Gasteiger partial charge in [-0.25, -0.2) is 0 Å². The molecule has 0 spiro atoms. The third kappa shape index (κ3) is 3.23. The van der Waals surface area contributed by atoms with Crippen LogP contribution >= 0.6 is 11.6 Å². The van der Waals surface area contributed by atoms with E-state index in [1.165, 1.54) is 17.5 Å². The molecule has 1 aliphatic carbocycles. The van der Waals surface area contributed by atoms with E-state index in [1.54, 1.807) is 0 Å². The fourth-order valence-corrected chi connectivity index (χ4v) is 3.01. The van der Waals surface area contributed by atoms with E-state index in [0.717, 1.165) is 32.5 Å². The van der Waals surface area contributed by atoms with Crippen LogP contribution in [-0.2, 0) is 11.2 Å². The van der Waals surface area contributed by atoms with Crippen molar-refractivity contribution in [3.8, 4) is 0 Å². The number of ether oxygens (including phenoxy) is 1. The van der Waals surface area contributed by atoms with Crippen molar-refractivity contribution in [3.05, 3.63) is 35.4 Å². The van der Waals surface area contributed by atoms with Crippen LogP contribution in [0.2, 0.25) is 0 Å². The van der Waals surface area contributed by atoms with E-state index >= 15 is 0 Å². The van der Waals surface area contributed by atoms with E-state index < -0.39 is 0 Å². The highest BCUT2D eigenvalue weighted by Gasteiger charge is 2.27. The Morgan fingerprint density at radius 2 is 2.12 bits per heavy atom. The van der Waals surface area contributed by atoms with Crippen molar-refractivity contribution in [3.63, 3.8) is 0 Å². The average molecular weight is 253 g/mol. The number of benzene rings is 1. The molecule has 0 amide bonds. The topological polar surface area (TPSA) is 9.23 Å². The normalized spacial score (nSPS) is 23.4. The summed E-state index contributed by atoms with van der Waals surface area (Å²) in [5, 5.41) is 0.171. The lowest BCUT2D eigenvalue weighted by atomic mass is 9.82. The molecule has 1 aromatic rings. The van der Waals surface area contributed by atoms with Gasteiger partial charge in [-0.2, -0.15) is 0 Å². The Balaban J connectivity index is 1.90. The van der Waals surface area contributed by atoms with E-state index in [1.807, 2.05) is 0 Å². The second kappa shape index (κ2) is 6.42. The van der Waals surface area contributed by atoms with Crippen LogP contribution in [0.25, 0.3) is 0 Å². The first-order valence-corrected chi connectivity index (χ1v) is 7.06. The van der Waals surface area contributed by atoms with Crippen LogP contribution in [0.5, 0.6) is 0 Å². The van der Waals surface area contributed by atoms with Crippen LogP contribution in [0.15, 0.2) is 24.3 Å². The summed E-state index contributed by atoms with van der Waals surface area (Å²) >= 11 is 6.57. The number of rotatable bonds is 5. The van der Waals surface area contributed by atoms with Crippen molar-refractivity contribution in [2.45, 2.75) is 38.0 Å². The van der Waals surface area contributed by atoms with Gasteiger partial charge in [0.25, 0.3) is 0 Å². The van der Waals surface area contributed by atoms with Crippen molar-refractivity contribution >= 4 is 11.6 Å². The second-order valence-electron chi connectivity index (χ2n) is 4.80. The highest BCUT2D eigenvalue weighted by Crippen LogP contribution is 2.40. The minimum atomic E-state index is 0.171. The molecule has 0 heterocycles. The van der Waals surface area contributed by atoms with Crippen LogP contribution in [-0.4, -0.2) is 13.2 Å². The van der Waals surface area contributed by atoms with E-state index in [2.05, 4.69) is 31.2 Å².